The van der Waals surface area contributed by atoms with Crippen molar-refractivity contribution in [3.8, 4) is 0 Å². The fourth-order valence-corrected chi connectivity index (χ4v) is 3.63. The summed E-state index contributed by atoms with van der Waals surface area (Å²) in [4.78, 5) is 16.2. The highest BCUT2D eigenvalue weighted by Gasteiger charge is 2.29. The molecule has 1 saturated heterocycles. The van der Waals surface area contributed by atoms with E-state index in [-0.39, 0.29) is 0 Å². The quantitative estimate of drug-likeness (QED) is 0.888. The van der Waals surface area contributed by atoms with E-state index in [1.165, 1.54) is 5.69 Å². The third kappa shape index (κ3) is 4.33. The molecule has 1 heterocycles. The first-order valence-electron chi connectivity index (χ1n) is 8.56. The molecule has 3 rings (SSSR count). The van der Waals surface area contributed by atoms with Crippen molar-refractivity contribution in [3.05, 3.63) is 64.7 Å². The summed E-state index contributed by atoms with van der Waals surface area (Å²) in [6, 6.07) is 15.4. The van der Waals surface area contributed by atoms with Gasteiger partial charge in [0.05, 0.1) is 0 Å². The molecular formula is C20H23ClN2O2. The summed E-state index contributed by atoms with van der Waals surface area (Å²) >= 11 is 6.01. The van der Waals surface area contributed by atoms with Crippen molar-refractivity contribution in [1.82, 2.24) is 4.90 Å². The number of hydrogen-bond donors (Lipinski definition) is 1. The summed E-state index contributed by atoms with van der Waals surface area (Å²) in [5, 5.41) is 10.4. The molecule has 5 heteroatoms. The summed E-state index contributed by atoms with van der Waals surface area (Å²) in [5.74, 6) is -0.762. The minimum atomic E-state index is -0.762. The topological polar surface area (TPSA) is 43.8 Å². The smallest absolute Gasteiger partial charge is 0.321 e. The van der Waals surface area contributed by atoms with Gasteiger partial charge in [0.25, 0.3) is 0 Å². The molecule has 0 amide bonds. The Labute approximate surface area is 153 Å². The lowest BCUT2D eigenvalue weighted by molar-refractivity contribution is -0.143. The van der Waals surface area contributed by atoms with Gasteiger partial charge in [0.1, 0.15) is 6.04 Å². The molecule has 1 aliphatic rings. The average molecular weight is 359 g/mol. The second kappa shape index (κ2) is 7.89. The maximum atomic E-state index is 11.9. The van der Waals surface area contributed by atoms with Gasteiger partial charge in [-0.3, -0.25) is 9.69 Å². The second-order valence-corrected chi connectivity index (χ2v) is 6.92. The van der Waals surface area contributed by atoms with Crippen molar-refractivity contribution in [3.63, 3.8) is 0 Å². The van der Waals surface area contributed by atoms with Crippen LogP contribution in [0.25, 0.3) is 0 Å². The predicted molar refractivity (Wildman–Crippen MR) is 102 cm³/mol. The normalized spacial score (nSPS) is 16.6. The number of anilines is 1. The third-order valence-corrected chi connectivity index (χ3v) is 5.11. The number of benzene rings is 2. The molecule has 0 radical (unpaired) electrons. The van der Waals surface area contributed by atoms with E-state index in [1.807, 2.05) is 43.3 Å². The molecule has 25 heavy (non-hydrogen) atoms. The van der Waals surface area contributed by atoms with Gasteiger partial charge in [-0.2, -0.15) is 0 Å². The lowest BCUT2D eigenvalue weighted by Gasteiger charge is -2.39. The van der Waals surface area contributed by atoms with Crippen LogP contribution in [0.5, 0.6) is 0 Å². The summed E-state index contributed by atoms with van der Waals surface area (Å²) in [5.41, 5.74) is 3.28. The largest absolute Gasteiger partial charge is 0.480 e. The van der Waals surface area contributed by atoms with Gasteiger partial charge >= 0.3 is 5.97 Å². The molecule has 1 fully saturated rings. The molecule has 132 valence electrons. The van der Waals surface area contributed by atoms with Crippen molar-refractivity contribution in [2.45, 2.75) is 19.4 Å². The van der Waals surface area contributed by atoms with Gasteiger partial charge in [-0.25, -0.2) is 0 Å². The van der Waals surface area contributed by atoms with Crippen LogP contribution in [-0.4, -0.2) is 48.2 Å². The average Bonchev–Trinajstić information content (AvgIpc) is 2.62. The van der Waals surface area contributed by atoms with Gasteiger partial charge < -0.3 is 10.0 Å². The first kappa shape index (κ1) is 17.8. The molecule has 0 aromatic heterocycles. The minimum absolute atomic E-state index is 0.502. The number of carboxylic acids is 1. The van der Waals surface area contributed by atoms with Crippen LogP contribution in [-0.2, 0) is 11.2 Å². The van der Waals surface area contributed by atoms with Crippen LogP contribution in [0.3, 0.4) is 0 Å². The summed E-state index contributed by atoms with van der Waals surface area (Å²) in [6.45, 7) is 5.16. The van der Waals surface area contributed by atoms with E-state index in [1.54, 1.807) is 0 Å². The zero-order chi connectivity index (χ0) is 17.8. The Hall–Kier alpha value is -2.04. The number of carboxylic acid groups (broad SMARTS) is 1. The van der Waals surface area contributed by atoms with Crippen LogP contribution >= 0.6 is 11.6 Å². The minimum Gasteiger partial charge on any atom is -0.480 e. The van der Waals surface area contributed by atoms with Crippen LogP contribution in [0.2, 0.25) is 5.02 Å². The van der Waals surface area contributed by atoms with Gasteiger partial charge in [0.2, 0.25) is 0 Å². The zero-order valence-corrected chi connectivity index (χ0v) is 15.1. The number of hydrogen-bond acceptors (Lipinski definition) is 3. The Morgan fingerprint density at radius 3 is 2.40 bits per heavy atom. The second-order valence-electron chi connectivity index (χ2n) is 6.49. The summed E-state index contributed by atoms with van der Waals surface area (Å²) in [6.07, 6.45) is 0.504. The number of aryl methyl sites for hydroxylation is 1. The molecule has 2 aromatic rings. The van der Waals surface area contributed by atoms with Crippen molar-refractivity contribution >= 4 is 23.3 Å². The lowest BCUT2D eigenvalue weighted by Crippen LogP contribution is -2.53. The third-order valence-electron chi connectivity index (χ3n) is 4.88. The van der Waals surface area contributed by atoms with E-state index in [0.717, 1.165) is 37.3 Å². The molecule has 1 atom stereocenters. The Morgan fingerprint density at radius 2 is 1.80 bits per heavy atom. The summed E-state index contributed by atoms with van der Waals surface area (Å²) < 4.78 is 0. The van der Waals surface area contributed by atoms with Crippen molar-refractivity contribution in [2.24, 2.45) is 0 Å². The van der Waals surface area contributed by atoms with Gasteiger partial charge in [0, 0.05) is 36.9 Å². The lowest BCUT2D eigenvalue weighted by atomic mass is 9.99. The maximum absolute atomic E-state index is 11.9. The number of aliphatic carboxylic acids is 1. The molecule has 0 bridgehead atoms. The highest BCUT2D eigenvalue weighted by atomic mass is 35.5. The molecule has 2 aromatic carbocycles. The standard InChI is InChI=1S/C20H23ClN2O2/c1-15-13-17(21)8-7-16(15)14-19(20(24)25)23-11-9-22(10-12-23)18-5-3-2-4-6-18/h2-8,13,19H,9-12,14H2,1H3,(H,24,25)/t19-/m0/s1. The van der Waals surface area contributed by atoms with Crippen LogP contribution in [0.15, 0.2) is 48.5 Å². The number of carbonyl (C=O) groups is 1. The van der Waals surface area contributed by atoms with Gasteiger partial charge in [-0.05, 0) is 48.7 Å². The number of nitrogens with zero attached hydrogens (tertiary/aromatic N) is 2. The summed E-state index contributed by atoms with van der Waals surface area (Å²) in [7, 11) is 0. The van der Waals surface area contributed by atoms with Crippen LogP contribution < -0.4 is 4.90 Å². The van der Waals surface area contributed by atoms with Gasteiger partial charge in [0.15, 0.2) is 0 Å². The van der Waals surface area contributed by atoms with E-state index in [4.69, 9.17) is 11.6 Å². The highest BCUT2D eigenvalue weighted by molar-refractivity contribution is 6.30. The van der Waals surface area contributed by atoms with E-state index in [2.05, 4.69) is 21.9 Å². The fraction of sp³-hybridized carbons (Fsp3) is 0.350. The van der Waals surface area contributed by atoms with Crippen molar-refractivity contribution in [2.75, 3.05) is 31.1 Å². The number of halogens is 1. The Kier molecular flexibility index (Phi) is 5.61. The fourth-order valence-electron chi connectivity index (χ4n) is 3.40. The number of rotatable bonds is 5. The monoisotopic (exact) mass is 358 g/mol. The van der Waals surface area contributed by atoms with Crippen LogP contribution in [0, 0.1) is 6.92 Å². The van der Waals surface area contributed by atoms with Crippen molar-refractivity contribution < 1.29 is 9.90 Å². The van der Waals surface area contributed by atoms with E-state index < -0.39 is 12.0 Å². The van der Waals surface area contributed by atoms with E-state index >= 15 is 0 Å². The molecule has 1 N–H and O–H groups in total. The first-order chi connectivity index (χ1) is 12.0. The number of para-hydroxylation sites is 1. The van der Waals surface area contributed by atoms with Crippen molar-refractivity contribution in [1.29, 1.82) is 0 Å². The van der Waals surface area contributed by atoms with Gasteiger partial charge in [-0.15, -0.1) is 0 Å². The Bertz CT molecular complexity index is 728. The molecule has 0 saturated carbocycles. The molecule has 1 aliphatic heterocycles. The molecular weight excluding hydrogens is 336 g/mol. The molecule has 0 aliphatic carbocycles. The maximum Gasteiger partial charge on any atom is 0.321 e. The predicted octanol–water partition coefficient (Wildman–Crippen LogP) is 3.47. The Morgan fingerprint density at radius 1 is 1.12 bits per heavy atom. The molecule has 0 unspecified atom stereocenters. The molecule has 4 nitrogen and oxygen atoms in total. The number of piperazine rings is 1. The molecule has 0 spiro atoms. The van der Waals surface area contributed by atoms with Gasteiger partial charge in [-0.1, -0.05) is 35.9 Å². The van der Waals surface area contributed by atoms with E-state index in [0.29, 0.717) is 11.4 Å². The van der Waals surface area contributed by atoms with Crippen LogP contribution in [0.4, 0.5) is 5.69 Å². The first-order valence-corrected chi connectivity index (χ1v) is 8.94. The van der Waals surface area contributed by atoms with Crippen LogP contribution in [0.1, 0.15) is 11.1 Å². The highest BCUT2D eigenvalue weighted by Crippen LogP contribution is 2.21. The SMILES string of the molecule is Cc1cc(Cl)ccc1C[C@@H](C(=O)O)N1CCN(c2ccccc2)CC1. The zero-order valence-electron chi connectivity index (χ0n) is 14.4. The Balaban J connectivity index is 1.67. The van der Waals surface area contributed by atoms with E-state index in [9.17, 15) is 9.90 Å².